The van der Waals surface area contributed by atoms with Gasteiger partial charge in [0.25, 0.3) is 5.91 Å². The van der Waals surface area contributed by atoms with Gasteiger partial charge in [0, 0.05) is 31.6 Å². The minimum Gasteiger partial charge on any atom is -0.383 e. The molecule has 2 N–H and O–H groups in total. The molecule has 1 fully saturated rings. The lowest BCUT2D eigenvalue weighted by molar-refractivity contribution is 0.0630. The summed E-state index contributed by atoms with van der Waals surface area (Å²) in [6, 6.07) is 11.3. The predicted molar refractivity (Wildman–Crippen MR) is 104 cm³/mol. The molecule has 3 aromatic rings. The minimum absolute atomic E-state index is 0.0488. The van der Waals surface area contributed by atoms with Crippen LogP contribution in [-0.2, 0) is 6.54 Å². The number of hydrogen-bond acceptors (Lipinski definition) is 6. The highest BCUT2D eigenvalue weighted by Gasteiger charge is 2.23. The largest absolute Gasteiger partial charge is 0.383 e. The first kappa shape index (κ1) is 17.2. The van der Waals surface area contributed by atoms with Crippen LogP contribution in [0.25, 0.3) is 10.9 Å². The number of aromatic nitrogens is 2. The van der Waals surface area contributed by atoms with Gasteiger partial charge in [0.05, 0.1) is 21.3 Å². The molecule has 0 bridgehead atoms. The van der Waals surface area contributed by atoms with E-state index in [9.17, 15) is 4.79 Å². The quantitative estimate of drug-likeness (QED) is 0.747. The maximum absolute atomic E-state index is 12.5. The molecule has 134 valence electrons. The minimum atomic E-state index is 0.0488. The number of amides is 1. The van der Waals surface area contributed by atoms with Gasteiger partial charge in [-0.15, -0.1) is 11.3 Å². The molecule has 1 aliphatic rings. The summed E-state index contributed by atoms with van der Waals surface area (Å²) in [7, 11) is 0. The van der Waals surface area contributed by atoms with Gasteiger partial charge in [-0.2, -0.15) is 0 Å². The van der Waals surface area contributed by atoms with E-state index in [2.05, 4.69) is 14.9 Å². The Balaban J connectivity index is 1.40. The van der Waals surface area contributed by atoms with Crippen molar-refractivity contribution in [2.45, 2.75) is 6.54 Å². The average Bonchev–Trinajstić information content (AvgIpc) is 3.08. The Morgan fingerprint density at radius 3 is 2.62 bits per heavy atom. The number of nitrogens with two attached hydrogens (primary N) is 1. The number of halogens is 1. The summed E-state index contributed by atoms with van der Waals surface area (Å²) in [6.45, 7) is 3.54. The molecule has 0 radical (unpaired) electrons. The number of hydrogen-bond donors (Lipinski definition) is 1. The Bertz CT molecular complexity index is 952. The van der Waals surface area contributed by atoms with Crippen molar-refractivity contribution in [2.24, 2.45) is 0 Å². The second-order valence-electron chi connectivity index (χ2n) is 6.21. The van der Waals surface area contributed by atoms with Crippen LogP contribution in [0.4, 0.5) is 5.82 Å². The number of anilines is 1. The topological polar surface area (TPSA) is 75.3 Å². The number of benzene rings is 1. The number of carbonyl (C=O) groups is 1. The molecule has 1 aromatic carbocycles. The smallest absolute Gasteiger partial charge is 0.264 e. The first-order valence-corrected chi connectivity index (χ1v) is 9.58. The highest BCUT2D eigenvalue weighted by atomic mass is 35.5. The molecular formula is C18H18ClN5OS. The van der Waals surface area contributed by atoms with Crippen molar-refractivity contribution in [3.8, 4) is 0 Å². The molecule has 0 atom stereocenters. The number of thiophene rings is 1. The van der Waals surface area contributed by atoms with Crippen molar-refractivity contribution in [3.05, 3.63) is 51.4 Å². The summed E-state index contributed by atoms with van der Waals surface area (Å²) < 4.78 is 0.637. The molecule has 1 aliphatic heterocycles. The third kappa shape index (κ3) is 3.51. The van der Waals surface area contributed by atoms with Gasteiger partial charge in [-0.05, 0) is 24.3 Å². The number of rotatable bonds is 3. The summed E-state index contributed by atoms with van der Waals surface area (Å²) in [4.78, 5) is 26.3. The van der Waals surface area contributed by atoms with Gasteiger partial charge >= 0.3 is 0 Å². The molecule has 0 saturated carbocycles. The van der Waals surface area contributed by atoms with Gasteiger partial charge in [0.2, 0.25) is 0 Å². The zero-order valence-corrected chi connectivity index (χ0v) is 15.6. The molecule has 0 spiro atoms. The van der Waals surface area contributed by atoms with Crippen LogP contribution in [-0.4, -0.2) is 51.9 Å². The van der Waals surface area contributed by atoms with E-state index in [1.807, 2.05) is 29.2 Å². The van der Waals surface area contributed by atoms with Gasteiger partial charge in [-0.3, -0.25) is 9.69 Å². The first-order valence-electron chi connectivity index (χ1n) is 8.38. The highest BCUT2D eigenvalue weighted by Crippen LogP contribution is 2.23. The van der Waals surface area contributed by atoms with Crippen LogP contribution in [0.15, 0.2) is 36.4 Å². The number of nitrogens with zero attached hydrogens (tertiary/aromatic N) is 4. The lowest BCUT2D eigenvalue weighted by Gasteiger charge is -2.34. The fraction of sp³-hybridized carbons (Fsp3) is 0.278. The van der Waals surface area contributed by atoms with Crippen LogP contribution in [0.1, 0.15) is 15.5 Å². The van der Waals surface area contributed by atoms with Crippen molar-refractivity contribution < 1.29 is 4.79 Å². The Morgan fingerprint density at radius 2 is 1.88 bits per heavy atom. The number of para-hydroxylation sites is 1. The zero-order chi connectivity index (χ0) is 18.1. The molecular weight excluding hydrogens is 370 g/mol. The Labute approximate surface area is 160 Å². The predicted octanol–water partition coefficient (Wildman–Crippen LogP) is 2.88. The third-order valence-corrected chi connectivity index (χ3v) is 5.71. The normalized spacial score (nSPS) is 15.5. The van der Waals surface area contributed by atoms with Crippen LogP contribution < -0.4 is 5.73 Å². The van der Waals surface area contributed by atoms with Crippen LogP contribution in [0.5, 0.6) is 0 Å². The van der Waals surface area contributed by atoms with E-state index in [0.717, 1.165) is 24.0 Å². The third-order valence-electron chi connectivity index (χ3n) is 4.49. The van der Waals surface area contributed by atoms with Crippen molar-refractivity contribution in [1.29, 1.82) is 0 Å². The molecule has 3 heterocycles. The van der Waals surface area contributed by atoms with Gasteiger partial charge < -0.3 is 10.6 Å². The maximum atomic E-state index is 12.5. The Hall–Kier alpha value is -2.22. The van der Waals surface area contributed by atoms with E-state index in [4.69, 9.17) is 17.3 Å². The fourth-order valence-electron chi connectivity index (χ4n) is 3.12. The molecule has 6 nitrogen and oxygen atoms in total. The standard InChI is InChI=1S/C18H18ClN5OS/c19-15-6-5-14(26-15)18(25)24-9-7-23(8-10-24)11-16-21-13-4-2-1-3-12(13)17(20)22-16/h1-6H,7-11H2,(H2,20,21,22). The molecule has 4 rings (SSSR count). The second kappa shape index (κ2) is 7.19. The summed E-state index contributed by atoms with van der Waals surface area (Å²) >= 11 is 7.25. The monoisotopic (exact) mass is 387 g/mol. The van der Waals surface area contributed by atoms with E-state index < -0.39 is 0 Å². The van der Waals surface area contributed by atoms with Crippen molar-refractivity contribution in [1.82, 2.24) is 19.8 Å². The number of piperazine rings is 1. The Kier molecular flexibility index (Phi) is 4.76. The lowest BCUT2D eigenvalue weighted by Crippen LogP contribution is -2.48. The number of nitrogen functional groups attached to an aromatic ring is 1. The molecule has 0 aliphatic carbocycles. The number of fused-ring (bicyclic) bond motifs is 1. The molecule has 1 amide bonds. The summed E-state index contributed by atoms with van der Waals surface area (Å²) in [5, 5.41) is 0.876. The average molecular weight is 388 g/mol. The van der Waals surface area contributed by atoms with Crippen molar-refractivity contribution in [3.63, 3.8) is 0 Å². The van der Waals surface area contributed by atoms with Crippen molar-refractivity contribution >= 4 is 45.6 Å². The van der Waals surface area contributed by atoms with Crippen LogP contribution in [0.3, 0.4) is 0 Å². The number of carbonyl (C=O) groups excluding carboxylic acids is 1. The van der Waals surface area contributed by atoms with E-state index in [1.54, 1.807) is 12.1 Å². The van der Waals surface area contributed by atoms with E-state index >= 15 is 0 Å². The SMILES string of the molecule is Nc1nc(CN2CCN(C(=O)c3ccc(Cl)s3)CC2)nc2ccccc12. The fourth-order valence-corrected chi connectivity index (χ4v) is 4.13. The Morgan fingerprint density at radius 1 is 1.12 bits per heavy atom. The van der Waals surface area contributed by atoms with Gasteiger partial charge in [-0.25, -0.2) is 9.97 Å². The molecule has 1 saturated heterocycles. The van der Waals surface area contributed by atoms with Gasteiger partial charge in [-0.1, -0.05) is 23.7 Å². The van der Waals surface area contributed by atoms with E-state index in [-0.39, 0.29) is 5.91 Å². The highest BCUT2D eigenvalue weighted by molar-refractivity contribution is 7.17. The summed E-state index contributed by atoms with van der Waals surface area (Å²) in [5.74, 6) is 1.27. The van der Waals surface area contributed by atoms with Crippen molar-refractivity contribution in [2.75, 3.05) is 31.9 Å². The van der Waals surface area contributed by atoms with Crippen LogP contribution in [0.2, 0.25) is 4.34 Å². The summed E-state index contributed by atoms with van der Waals surface area (Å²) in [5.41, 5.74) is 6.92. The van der Waals surface area contributed by atoms with E-state index in [0.29, 0.717) is 40.5 Å². The molecule has 0 unspecified atom stereocenters. The van der Waals surface area contributed by atoms with Gasteiger partial charge in [0.15, 0.2) is 0 Å². The lowest BCUT2D eigenvalue weighted by atomic mass is 10.2. The van der Waals surface area contributed by atoms with Gasteiger partial charge in [0.1, 0.15) is 11.6 Å². The zero-order valence-electron chi connectivity index (χ0n) is 14.1. The van der Waals surface area contributed by atoms with Crippen LogP contribution in [0, 0.1) is 0 Å². The summed E-state index contributed by atoms with van der Waals surface area (Å²) in [6.07, 6.45) is 0. The van der Waals surface area contributed by atoms with Crippen LogP contribution >= 0.6 is 22.9 Å². The molecule has 26 heavy (non-hydrogen) atoms. The van der Waals surface area contributed by atoms with E-state index in [1.165, 1.54) is 11.3 Å². The maximum Gasteiger partial charge on any atom is 0.264 e. The molecule has 8 heteroatoms. The first-order chi connectivity index (χ1) is 12.6. The second-order valence-corrected chi connectivity index (χ2v) is 7.93. The molecule has 2 aromatic heterocycles.